The standard InChI is InChI=1S/C12H18BrNO/c1-12(2,14)8-7-9-5-4-6-10(13)11(9)15-3/h4-6H,7-8,14H2,1-3H3. The van der Waals surface area contributed by atoms with Crippen LogP contribution in [0.25, 0.3) is 0 Å². The van der Waals surface area contributed by atoms with Crippen molar-refractivity contribution in [3.8, 4) is 5.75 Å². The van der Waals surface area contributed by atoms with Crippen LogP contribution >= 0.6 is 15.9 Å². The van der Waals surface area contributed by atoms with Crippen molar-refractivity contribution in [1.82, 2.24) is 0 Å². The molecule has 0 saturated heterocycles. The van der Waals surface area contributed by atoms with Crippen LogP contribution in [0.5, 0.6) is 5.75 Å². The maximum absolute atomic E-state index is 5.96. The van der Waals surface area contributed by atoms with Crippen molar-refractivity contribution in [2.24, 2.45) is 5.73 Å². The highest BCUT2D eigenvalue weighted by Gasteiger charge is 2.13. The van der Waals surface area contributed by atoms with Crippen LogP contribution in [0.1, 0.15) is 25.8 Å². The van der Waals surface area contributed by atoms with Gasteiger partial charge in [0.2, 0.25) is 0 Å². The van der Waals surface area contributed by atoms with Crippen LogP contribution in [0, 0.1) is 0 Å². The van der Waals surface area contributed by atoms with E-state index in [1.165, 1.54) is 5.56 Å². The number of methoxy groups -OCH3 is 1. The fraction of sp³-hybridized carbons (Fsp3) is 0.500. The van der Waals surface area contributed by atoms with E-state index in [4.69, 9.17) is 10.5 Å². The van der Waals surface area contributed by atoms with Crippen LogP contribution < -0.4 is 10.5 Å². The van der Waals surface area contributed by atoms with E-state index in [2.05, 4.69) is 22.0 Å². The molecule has 0 unspecified atom stereocenters. The van der Waals surface area contributed by atoms with Gasteiger partial charge in [0.05, 0.1) is 11.6 Å². The minimum absolute atomic E-state index is 0.132. The SMILES string of the molecule is COc1c(Br)cccc1CCC(C)(C)N. The van der Waals surface area contributed by atoms with Crippen molar-refractivity contribution in [2.45, 2.75) is 32.2 Å². The second-order valence-corrected chi connectivity index (χ2v) is 5.28. The molecule has 0 atom stereocenters. The normalized spacial score (nSPS) is 11.5. The lowest BCUT2D eigenvalue weighted by Gasteiger charge is -2.19. The fourth-order valence-corrected chi connectivity index (χ4v) is 2.00. The van der Waals surface area contributed by atoms with Crippen molar-refractivity contribution in [3.05, 3.63) is 28.2 Å². The Kier molecular flexibility index (Phi) is 4.17. The molecule has 0 aromatic heterocycles. The minimum atomic E-state index is -0.132. The van der Waals surface area contributed by atoms with Crippen molar-refractivity contribution in [1.29, 1.82) is 0 Å². The third-order valence-corrected chi connectivity index (χ3v) is 2.92. The quantitative estimate of drug-likeness (QED) is 0.914. The molecule has 0 bridgehead atoms. The number of aryl methyl sites for hydroxylation is 1. The van der Waals surface area contributed by atoms with Gasteiger partial charge < -0.3 is 10.5 Å². The molecule has 1 aromatic rings. The molecule has 0 spiro atoms. The molecular weight excluding hydrogens is 254 g/mol. The molecule has 1 rings (SSSR count). The number of benzene rings is 1. The molecular formula is C12H18BrNO. The number of ether oxygens (including phenoxy) is 1. The predicted molar refractivity (Wildman–Crippen MR) is 67.3 cm³/mol. The van der Waals surface area contributed by atoms with E-state index in [-0.39, 0.29) is 5.54 Å². The molecule has 84 valence electrons. The molecule has 0 aliphatic carbocycles. The largest absolute Gasteiger partial charge is 0.495 e. The lowest BCUT2D eigenvalue weighted by molar-refractivity contribution is 0.402. The van der Waals surface area contributed by atoms with Gasteiger partial charge in [-0.1, -0.05) is 12.1 Å². The summed E-state index contributed by atoms with van der Waals surface area (Å²) in [5, 5.41) is 0. The summed E-state index contributed by atoms with van der Waals surface area (Å²) in [6.07, 6.45) is 1.88. The van der Waals surface area contributed by atoms with E-state index in [9.17, 15) is 0 Å². The summed E-state index contributed by atoms with van der Waals surface area (Å²) in [5.74, 6) is 0.918. The highest BCUT2D eigenvalue weighted by molar-refractivity contribution is 9.10. The van der Waals surface area contributed by atoms with Gasteiger partial charge in [0, 0.05) is 5.54 Å². The summed E-state index contributed by atoms with van der Waals surface area (Å²) >= 11 is 3.47. The molecule has 0 radical (unpaired) electrons. The Balaban J connectivity index is 2.81. The molecule has 0 aliphatic heterocycles. The Morgan fingerprint density at radius 2 is 2.07 bits per heavy atom. The topological polar surface area (TPSA) is 35.2 Å². The Labute approximate surface area is 99.9 Å². The highest BCUT2D eigenvalue weighted by Crippen LogP contribution is 2.30. The molecule has 3 heteroatoms. The van der Waals surface area contributed by atoms with Crippen LogP contribution in [-0.4, -0.2) is 12.6 Å². The van der Waals surface area contributed by atoms with Gasteiger partial charge in [0.25, 0.3) is 0 Å². The molecule has 15 heavy (non-hydrogen) atoms. The number of nitrogens with two attached hydrogens (primary N) is 1. The zero-order chi connectivity index (χ0) is 11.5. The molecule has 0 saturated carbocycles. The Morgan fingerprint density at radius 1 is 1.40 bits per heavy atom. The van der Waals surface area contributed by atoms with Gasteiger partial charge in [-0.05, 0) is 54.2 Å². The van der Waals surface area contributed by atoms with Crippen LogP contribution in [0.3, 0.4) is 0 Å². The maximum Gasteiger partial charge on any atom is 0.136 e. The zero-order valence-electron chi connectivity index (χ0n) is 9.51. The van der Waals surface area contributed by atoms with Crippen LogP contribution in [0.2, 0.25) is 0 Å². The summed E-state index contributed by atoms with van der Waals surface area (Å²) in [4.78, 5) is 0. The highest BCUT2D eigenvalue weighted by atomic mass is 79.9. The first kappa shape index (κ1) is 12.5. The summed E-state index contributed by atoms with van der Waals surface area (Å²) < 4.78 is 6.35. The Morgan fingerprint density at radius 3 is 2.60 bits per heavy atom. The number of rotatable bonds is 4. The summed E-state index contributed by atoms with van der Waals surface area (Å²) in [6, 6.07) is 6.08. The average molecular weight is 272 g/mol. The monoisotopic (exact) mass is 271 g/mol. The fourth-order valence-electron chi connectivity index (χ4n) is 1.44. The first-order chi connectivity index (χ1) is 6.94. The lowest BCUT2D eigenvalue weighted by atomic mass is 9.96. The molecule has 0 aliphatic rings. The van der Waals surface area contributed by atoms with E-state index in [0.717, 1.165) is 23.1 Å². The van der Waals surface area contributed by atoms with Crippen molar-refractivity contribution >= 4 is 15.9 Å². The van der Waals surface area contributed by atoms with Crippen LogP contribution in [-0.2, 0) is 6.42 Å². The first-order valence-corrected chi connectivity index (χ1v) is 5.83. The second-order valence-electron chi connectivity index (χ2n) is 4.42. The van der Waals surface area contributed by atoms with E-state index in [0.29, 0.717) is 0 Å². The van der Waals surface area contributed by atoms with Crippen molar-refractivity contribution in [3.63, 3.8) is 0 Å². The van der Waals surface area contributed by atoms with Gasteiger partial charge in [-0.2, -0.15) is 0 Å². The smallest absolute Gasteiger partial charge is 0.136 e. The minimum Gasteiger partial charge on any atom is -0.495 e. The van der Waals surface area contributed by atoms with E-state index < -0.39 is 0 Å². The van der Waals surface area contributed by atoms with Gasteiger partial charge >= 0.3 is 0 Å². The van der Waals surface area contributed by atoms with Gasteiger partial charge in [-0.3, -0.25) is 0 Å². The Hall–Kier alpha value is -0.540. The van der Waals surface area contributed by atoms with Gasteiger partial charge in [-0.25, -0.2) is 0 Å². The van der Waals surface area contributed by atoms with Gasteiger partial charge in [0.1, 0.15) is 5.75 Å². The second kappa shape index (κ2) is 4.99. The summed E-state index contributed by atoms with van der Waals surface area (Å²) in [6.45, 7) is 4.08. The number of para-hydroxylation sites is 1. The Bertz CT molecular complexity index is 331. The van der Waals surface area contributed by atoms with Crippen LogP contribution in [0.15, 0.2) is 22.7 Å². The van der Waals surface area contributed by atoms with Crippen LogP contribution in [0.4, 0.5) is 0 Å². The number of hydrogen-bond donors (Lipinski definition) is 1. The first-order valence-electron chi connectivity index (χ1n) is 5.04. The zero-order valence-corrected chi connectivity index (χ0v) is 11.1. The van der Waals surface area contributed by atoms with E-state index in [1.54, 1.807) is 7.11 Å². The molecule has 0 fully saturated rings. The number of halogens is 1. The van der Waals surface area contributed by atoms with Crippen molar-refractivity contribution < 1.29 is 4.74 Å². The third kappa shape index (κ3) is 3.84. The summed E-state index contributed by atoms with van der Waals surface area (Å²) in [7, 11) is 1.69. The maximum atomic E-state index is 5.96. The molecule has 2 N–H and O–H groups in total. The number of hydrogen-bond acceptors (Lipinski definition) is 2. The molecule has 0 heterocycles. The molecule has 0 amide bonds. The van der Waals surface area contributed by atoms with Crippen molar-refractivity contribution in [2.75, 3.05) is 7.11 Å². The third-order valence-electron chi connectivity index (χ3n) is 2.29. The van der Waals surface area contributed by atoms with Gasteiger partial charge in [0.15, 0.2) is 0 Å². The molecule has 2 nitrogen and oxygen atoms in total. The lowest BCUT2D eigenvalue weighted by Crippen LogP contribution is -2.32. The van der Waals surface area contributed by atoms with E-state index in [1.807, 2.05) is 26.0 Å². The van der Waals surface area contributed by atoms with Gasteiger partial charge in [-0.15, -0.1) is 0 Å². The predicted octanol–water partition coefficient (Wildman–Crippen LogP) is 3.13. The summed E-state index contributed by atoms with van der Waals surface area (Å²) in [5.41, 5.74) is 7.03. The van der Waals surface area contributed by atoms with E-state index >= 15 is 0 Å². The molecule has 1 aromatic carbocycles. The average Bonchev–Trinajstić information content (AvgIpc) is 2.13.